The van der Waals surface area contributed by atoms with Crippen LogP contribution in [0.5, 0.6) is 0 Å². The van der Waals surface area contributed by atoms with Crippen molar-refractivity contribution in [3.8, 4) is 11.8 Å². The molecule has 3 aromatic rings. The third-order valence-electron chi connectivity index (χ3n) is 7.03. The Morgan fingerprint density at radius 3 is 1.98 bits per heavy atom. The average Bonchev–Trinajstić information content (AvgIpc) is 3.75. The summed E-state index contributed by atoms with van der Waals surface area (Å²) in [5.74, 6) is 7.54. The zero-order valence-electron chi connectivity index (χ0n) is 22.3. The molecule has 3 aliphatic heterocycles. The second-order valence-electron chi connectivity index (χ2n) is 9.79. The van der Waals surface area contributed by atoms with Crippen LogP contribution >= 0.6 is 45.8 Å². The topological polar surface area (TPSA) is 95.4 Å². The van der Waals surface area contributed by atoms with Crippen molar-refractivity contribution in [1.82, 2.24) is 24.8 Å². The number of anilines is 2. The highest BCUT2D eigenvalue weighted by molar-refractivity contribution is 14.1. The predicted molar refractivity (Wildman–Crippen MR) is 172 cm³/mol. The number of carbonyl (C=O) groups is 2. The molecule has 2 aromatic heterocycles. The van der Waals surface area contributed by atoms with Gasteiger partial charge in [-0.2, -0.15) is 9.97 Å². The van der Waals surface area contributed by atoms with E-state index in [2.05, 4.69) is 64.2 Å². The van der Waals surface area contributed by atoms with Gasteiger partial charge in [0.2, 0.25) is 10.6 Å². The Morgan fingerprint density at radius 1 is 0.829 bits per heavy atom. The molecule has 0 atom stereocenters. The first-order valence-electron chi connectivity index (χ1n) is 13.6. The third-order valence-corrected chi connectivity index (χ3v) is 8.16. The predicted octanol–water partition coefficient (Wildman–Crippen LogP) is 5.98. The number of halogens is 3. The van der Waals surface area contributed by atoms with Crippen LogP contribution < -0.4 is 9.80 Å². The van der Waals surface area contributed by atoms with Crippen LogP contribution in [0, 0.1) is 15.4 Å². The molecular formula is C29H32Cl2IN7O2. The Kier molecular flexibility index (Phi) is 9.90. The lowest BCUT2D eigenvalue weighted by atomic mass is 10.1. The summed E-state index contributed by atoms with van der Waals surface area (Å²) in [6.07, 6.45) is 9.37. The third kappa shape index (κ3) is 7.08. The van der Waals surface area contributed by atoms with E-state index in [-0.39, 0.29) is 20.0 Å². The number of hydrogen-bond donors (Lipinski definition) is 0. The monoisotopic (exact) mass is 707 g/mol. The molecule has 0 radical (unpaired) electrons. The van der Waals surface area contributed by atoms with E-state index in [0.717, 1.165) is 59.8 Å². The minimum absolute atomic E-state index is 0. The van der Waals surface area contributed by atoms with E-state index in [9.17, 15) is 9.59 Å². The van der Waals surface area contributed by atoms with Crippen molar-refractivity contribution in [2.75, 3.05) is 42.5 Å². The molecule has 0 saturated carbocycles. The van der Waals surface area contributed by atoms with Crippen LogP contribution in [-0.4, -0.2) is 69.4 Å². The van der Waals surface area contributed by atoms with Crippen LogP contribution in [0.3, 0.4) is 0 Å². The lowest BCUT2D eigenvalue weighted by Crippen LogP contribution is -2.30. The number of rotatable bonds is 5. The van der Waals surface area contributed by atoms with Gasteiger partial charge in [0.05, 0.1) is 20.3 Å². The number of amides is 2. The van der Waals surface area contributed by atoms with Gasteiger partial charge in [-0.3, -0.25) is 14.5 Å². The van der Waals surface area contributed by atoms with Crippen molar-refractivity contribution >= 4 is 69.2 Å². The van der Waals surface area contributed by atoms with Gasteiger partial charge >= 0.3 is 0 Å². The van der Waals surface area contributed by atoms with Crippen LogP contribution in [0.2, 0.25) is 10.6 Å². The van der Waals surface area contributed by atoms with Crippen molar-refractivity contribution in [3.05, 3.63) is 67.5 Å². The summed E-state index contributed by atoms with van der Waals surface area (Å²) in [7, 11) is 0. The molecule has 2 amide bonds. The fourth-order valence-electron chi connectivity index (χ4n) is 5.02. The first-order valence-corrected chi connectivity index (χ1v) is 15.4. The van der Waals surface area contributed by atoms with Crippen molar-refractivity contribution in [2.24, 2.45) is 0 Å². The van der Waals surface area contributed by atoms with Crippen molar-refractivity contribution < 1.29 is 12.4 Å². The molecule has 9 nitrogen and oxygen atoms in total. The molecule has 0 spiro atoms. The van der Waals surface area contributed by atoms with Gasteiger partial charge in [0.25, 0.3) is 11.8 Å². The molecule has 2 fully saturated rings. The van der Waals surface area contributed by atoms with Crippen molar-refractivity contribution in [3.63, 3.8) is 0 Å². The lowest BCUT2D eigenvalue weighted by molar-refractivity contribution is 0.0653. The van der Waals surface area contributed by atoms with E-state index in [0.29, 0.717) is 35.8 Å². The zero-order valence-corrected chi connectivity index (χ0v) is 26.0. The number of benzene rings is 1. The van der Waals surface area contributed by atoms with Crippen LogP contribution in [0.15, 0.2) is 36.7 Å². The van der Waals surface area contributed by atoms with Gasteiger partial charge in [-0.25, -0.2) is 9.97 Å². The second kappa shape index (κ2) is 13.8. The summed E-state index contributed by atoms with van der Waals surface area (Å²) >= 11 is 13.9. The molecule has 216 valence electrons. The molecule has 2 saturated heterocycles. The SMILES string of the molecule is Clc1ncc(I)c(N2CCCC2)n1.O=C1c2ccccc2C(=O)N1CCCC#Cc1cnc(Cl)nc1N1CCCC1.[HH].[HH]. The normalized spacial score (nSPS) is 15.9. The smallest absolute Gasteiger partial charge is 0.261 e. The standard InChI is InChI=1S/C21H19ClN4O2.C8H9ClIN3.2H2/c22-21-23-14-15(18(24-21)25-11-6-7-12-25)8-2-1-5-13-26-19(27)16-9-3-4-10-17(16)20(26)28;9-8-11-5-6(10)7(12-8)13-3-1-2-4-13;;/h3-4,9-10,14H,1,5-7,11-13H2;5H,1-4H2;2*1H. The van der Waals surface area contributed by atoms with Crippen LogP contribution in [0.25, 0.3) is 0 Å². The summed E-state index contributed by atoms with van der Waals surface area (Å²) in [6, 6.07) is 6.92. The quantitative estimate of drug-likeness (QED) is 0.105. The number of unbranched alkanes of at least 4 members (excludes halogenated alkanes) is 1. The summed E-state index contributed by atoms with van der Waals surface area (Å²) in [4.78, 5) is 47.0. The number of hydrogen-bond acceptors (Lipinski definition) is 8. The molecule has 6 rings (SSSR count). The highest BCUT2D eigenvalue weighted by Gasteiger charge is 2.34. The average molecular weight is 708 g/mol. The van der Waals surface area contributed by atoms with Crippen LogP contribution in [0.4, 0.5) is 11.6 Å². The molecule has 0 N–H and O–H groups in total. The van der Waals surface area contributed by atoms with Crippen molar-refractivity contribution in [1.29, 1.82) is 0 Å². The van der Waals surface area contributed by atoms with Gasteiger partial charge in [0, 0.05) is 54.4 Å². The van der Waals surface area contributed by atoms with Gasteiger partial charge in [-0.1, -0.05) is 24.0 Å². The summed E-state index contributed by atoms with van der Waals surface area (Å²) in [5.41, 5.74) is 1.71. The molecule has 3 aliphatic rings. The van der Waals surface area contributed by atoms with Gasteiger partial charge in [0.1, 0.15) is 11.6 Å². The van der Waals surface area contributed by atoms with Gasteiger partial charge in [-0.15, -0.1) is 0 Å². The maximum absolute atomic E-state index is 12.4. The largest absolute Gasteiger partial charge is 0.356 e. The highest BCUT2D eigenvalue weighted by atomic mass is 127. The second-order valence-corrected chi connectivity index (χ2v) is 11.6. The number of aromatic nitrogens is 4. The van der Waals surface area contributed by atoms with Crippen LogP contribution in [0.1, 0.15) is 67.7 Å². The molecule has 0 aliphatic carbocycles. The Hall–Kier alpha value is -3.01. The zero-order chi connectivity index (χ0) is 28.8. The molecule has 12 heteroatoms. The summed E-state index contributed by atoms with van der Waals surface area (Å²) < 4.78 is 1.07. The Morgan fingerprint density at radius 2 is 1.37 bits per heavy atom. The summed E-state index contributed by atoms with van der Waals surface area (Å²) in [5, 5.41) is 0.556. The molecule has 5 heterocycles. The number of fused-ring (bicyclic) bond motifs is 1. The number of imide groups is 1. The van der Waals surface area contributed by atoms with E-state index in [1.807, 2.05) is 0 Å². The minimum Gasteiger partial charge on any atom is -0.356 e. The Bertz CT molecular complexity index is 1470. The lowest BCUT2D eigenvalue weighted by Gasteiger charge is -2.17. The fraction of sp³-hybridized carbons (Fsp3) is 0.379. The maximum atomic E-state index is 12.4. The molecule has 0 unspecified atom stereocenters. The Balaban J connectivity index is 0.000000285. The van der Waals surface area contributed by atoms with E-state index >= 15 is 0 Å². The number of nitrogens with zero attached hydrogens (tertiary/aromatic N) is 7. The number of carbonyl (C=O) groups excluding carboxylic acids is 2. The molecule has 41 heavy (non-hydrogen) atoms. The van der Waals surface area contributed by atoms with E-state index in [4.69, 9.17) is 23.2 Å². The van der Waals surface area contributed by atoms with Crippen molar-refractivity contribution in [2.45, 2.75) is 38.5 Å². The minimum atomic E-state index is -0.226. The highest BCUT2D eigenvalue weighted by Crippen LogP contribution is 2.25. The van der Waals surface area contributed by atoms with E-state index in [1.165, 1.54) is 17.7 Å². The van der Waals surface area contributed by atoms with Crippen LogP contribution in [-0.2, 0) is 0 Å². The van der Waals surface area contributed by atoms with Gasteiger partial charge in [0.15, 0.2) is 0 Å². The van der Waals surface area contributed by atoms with E-state index in [1.54, 1.807) is 36.7 Å². The molecular weight excluding hydrogens is 676 g/mol. The molecule has 1 aromatic carbocycles. The Labute approximate surface area is 265 Å². The van der Waals surface area contributed by atoms with Gasteiger partial charge in [-0.05, 0) is 90.0 Å². The maximum Gasteiger partial charge on any atom is 0.261 e. The first-order chi connectivity index (χ1) is 19.9. The summed E-state index contributed by atoms with van der Waals surface area (Å²) in [6.45, 7) is 4.42. The first kappa shape index (κ1) is 29.5. The van der Waals surface area contributed by atoms with Gasteiger partial charge < -0.3 is 9.80 Å². The van der Waals surface area contributed by atoms with E-state index < -0.39 is 0 Å². The fourth-order valence-corrected chi connectivity index (χ4v) is 5.88. The molecule has 0 bridgehead atoms.